The highest BCUT2D eigenvalue weighted by molar-refractivity contribution is 7.89. The van der Waals surface area contributed by atoms with Gasteiger partial charge in [0.05, 0.1) is 18.0 Å². The highest BCUT2D eigenvalue weighted by atomic mass is 32.2. The summed E-state index contributed by atoms with van der Waals surface area (Å²) >= 11 is 0. The van der Waals surface area contributed by atoms with Crippen molar-refractivity contribution in [2.75, 3.05) is 6.61 Å². The van der Waals surface area contributed by atoms with Crippen LogP contribution < -0.4 is 9.46 Å². The van der Waals surface area contributed by atoms with Crippen LogP contribution in [0.15, 0.2) is 23.1 Å². The van der Waals surface area contributed by atoms with Crippen molar-refractivity contribution in [3.63, 3.8) is 0 Å². The fourth-order valence-electron chi connectivity index (χ4n) is 2.91. The van der Waals surface area contributed by atoms with Gasteiger partial charge < -0.3 is 9.30 Å². The van der Waals surface area contributed by atoms with Crippen LogP contribution in [0, 0.1) is 0 Å². The van der Waals surface area contributed by atoms with Crippen LogP contribution >= 0.6 is 0 Å². The predicted molar refractivity (Wildman–Crippen MR) is 78.0 cm³/mol. The maximum absolute atomic E-state index is 12.4. The van der Waals surface area contributed by atoms with Crippen molar-refractivity contribution in [1.82, 2.24) is 19.5 Å². The Hall–Kier alpha value is -1.93. The summed E-state index contributed by atoms with van der Waals surface area (Å²) in [7, 11) is -3.56. The molecule has 0 amide bonds. The Morgan fingerprint density at radius 3 is 3.09 bits per heavy atom. The summed E-state index contributed by atoms with van der Waals surface area (Å²) in [5.74, 6) is 2.37. The molecular formula is C14H16N4O3S. The van der Waals surface area contributed by atoms with Crippen molar-refractivity contribution in [3.8, 4) is 5.75 Å². The van der Waals surface area contributed by atoms with Gasteiger partial charge in [0, 0.05) is 19.4 Å². The van der Waals surface area contributed by atoms with Crippen molar-refractivity contribution in [1.29, 1.82) is 0 Å². The molecule has 2 aromatic rings. The number of nitrogens with one attached hydrogen (secondary N) is 1. The first-order chi connectivity index (χ1) is 10.6. The second-order valence-corrected chi connectivity index (χ2v) is 7.25. The lowest BCUT2D eigenvalue weighted by atomic mass is 10.2. The lowest BCUT2D eigenvalue weighted by Gasteiger charge is -2.08. The molecule has 0 bridgehead atoms. The van der Waals surface area contributed by atoms with E-state index in [0.717, 1.165) is 42.9 Å². The summed E-state index contributed by atoms with van der Waals surface area (Å²) in [5, 5.41) is 8.14. The van der Waals surface area contributed by atoms with E-state index < -0.39 is 10.0 Å². The van der Waals surface area contributed by atoms with Crippen LogP contribution in [0.1, 0.15) is 23.6 Å². The normalized spacial score (nSPS) is 16.4. The van der Waals surface area contributed by atoms with E-state index in [1.165, 1.54) is 0 Å². The summed E-state index contributed by atoms with van der Waals surface area (Å²) in [6.07, 6.45) is 2.69. The van der Waals surface area contributed by atoms with Gasteiger partial charge in [-0.25, -0.2) is 13.1 Å². The van der Waals surface area contributed by atoms with Crippen molar-refractivity contribution >= 4 is 10.0 Å². The number of ether oxygens (including phenoxy) is 1. The second-order valence-electron chi connectivity index (χ2n) is 5.48. The van der Waals surface area contributed by atoms with Crippen molar-refractivity contribution < 1.29 is 13.2 Å². The maximum atomic E-state index is 12.4. The van der Waals surface area contributed by atoms with Gasteiger partial charge in [0.25, 0.3) is 0 Å². The zero-order chi connectivity index (χ0) is 15.2. The fourth-order valence-corrected chi connectivity index (χ4v) is 3.94. The zero-order valence-corrected chi connectivity index (χ0v) is 12.8. The Bertz CT molecular complexity index is 829. The summed E-state index contributed by atoms with van der Waals surface area (Å²) in [5.41, 5.74) is 0.936. The summed E-state index contributed by atoms with van der Waals surface area (Å²) in [6, 6.07) is 4.96. The lowest BCUT2D eigenvalue weighted by Crippen LogP contribution is -2.25. The number of aromatic nitrogens is 3. The monoisotopic (exact) mass is 320 g/mol. The molecular weight excluding hydrogens is 304 g/mol. The quantitative estimate of drug-likeness (QED) is 0.893. The van der Waals surface area contributed by atoms with Gasteiger partial charge in [0.2, 0.25) is 10.0 Å². The number of fused-ring (bicyclic) bond motifs is 2. The first-order valence-corrected chi connectivity index (χ1v) is 8.78. The Kier molecular flexibility index (Phi) is 3.16. The van der Waals surface area contributed by atoms with Gasteiger partial charge in [-0.3, -0.25) is 0 Å². The van der Waals surface area contributed by atoms with Crippen LogP contribution in [-0.2, 0) is 36.0 Å². The van der Waals surface area contributed by atoms with Gasteiger partial charge in [-0.1, -0.05) is 0 Å². The molecule has 7 nitrogen and oxygen atoms in total. The SMILES string of the molecule is O=S(=O)(NCc1nnc2n1CCC2)c1ccc2c(c1)CCO2. The van der Waals surface area contributed by atoms with E-state index in [2.05, 4.69) is 14.9 Å². The number of sulfonamides is 1. The molecule has 0 saturated carbocycles. The molecule has 0 fully saturated rings. The first-order valence-electron chi connectivity index (χ1n) is 7.30. The van der Waals surface area contributed by atoms with Gasteiger partial charge in [-0.2, -0.15) is 0 Å². The third-order valence-electron chi connectivity index (χ3n) is 4.08. The second kappa shape index (κ2) is 5.06. The molecule has 0 saturated heterocycles. The molecule has 0 unspecified atom stereocenters. The zero-order valence-electron chi connectivity index (χ0n) is 11.9. The predicted octanol–water partition coefficient (Wildman–Crippen LogP) is 0.638. The average molecular weight is 320 g/mol. The molecule has 4 rings (SSSR count). The first kappa shape index (κ1) is 13.7. The molecule has 0 radical (unpaired) electrons. The lowest BCUT2D eigenvalue weighted by molar-refractivity contribution is 0.356. The van der Waals surface area contributed by atoms with Gasteiger partial charge in [0.15, 0.2) is 0 Å². The fraction of sp³-hybridized carbons (Fsp3) is 0.429. The Morgan fingerprint density at radius 1 is 1.27 bits per heavy atom. The largest absolute Gasteiger partial charge is 0.493 e. The molecule has 2 aliphatic rings. The summed E-state index contributed by atoms with van der Waals surface area (Å²) in [4.78, 5) is 0.262. The highest BCUT2D eigenvalue weighted by Gasteiger charge is 2.22. The average Bonchev–Trinajstić information content (AvgIpc) is 3.21. The minimum absolute atomic E-state index is 0.156. The number of rotatable bonds is 4. The van der Waals surface area contributed by atoms with Crippen molar-refractivity contribution in [2.45, 2.75) is 37.2 Å². The molecule has 22 heavy (non-hydrogen) atoms. The summed E-state index contributed by atoms with van der Waals surface area (Å²) in [6.45, 7) is 1.62. The van der Waals surface area contributed by atoms with Crippen LogP contribution in [0.25, 0.3) is 0 Å². The minimum Gasteiger partial charge on any atom is -0.493 e. The Labute approximate surface area is 128 Å². The topological polar surface area (TPSA) is 86.1 Å². The van der Waals surface area contributed by atoms with E-state index in [1.54, 1.807) is 18.2 Å². The molecule has 116 valence electrons. The maximum Gasteiger partial charge on any atom is 0.240 e. The van der Waals surface area contributed by atoms with E-state index >= 15 is 0 Å². The molecule has 0 aliphatic carbocycles. The molecule has 1 N–H and O–H groups in total. The molecule has 1 aromatic heterocycles. The highest BCUT2D eigenvalue weighted by Crippen LogP contribution is 2.27. The molecule has 2 aliphatic heterocycles. The van der Waals surface area contributed by atoms with Crippen LogP contribution in [0.2, 0.25) is 0 Å². The van der Waals surface area contributed by atoms with Gasteiger partial charge in [0.1, 0.15) is 17.4 Å². The van der Waals surface area contributed by atoms with Gasteiger partial charge in [-0.15, -0.1) is 10.2 Å². The third kappa shape index (κ3) is 2.28. The molecule has 0 atom stereocenters. The number of benzene rings is 1. The smallest absolute Gasteiger partial charge is 0.240 e. The van der Waals surface area contributed by atoms with Crippen molar-refractivity contribution in [2.24, 2.45) is 0 Å². The molecule has 0 spiro atoms. The minimum atomic E-state index is -3.56. The van der Waals surface area contributed by atoms with Crippen molar-refractivity contribution in [3.05, 3.63) is 35.4 Å². The van der Waals surface area contributed by atoms with Crippen LogP contribution in [0.5, 0.6) is 5.75 Å². The van der Waals surface area contributed by atoms with Crippen LogP contribution in [-0.4, -0.2) is 29.8 Å². The Balaban J connectivity index is 1.54. The van der Waals surface area contributed by atoms with Crippen LogP contribution in [0.4, 0.5) is 0 Å². The number of nitrogens with zero attached hydrogens (tertiary/aromatic N) is 3. The number of hydrogen-bond acceptors (Lipinski definition) is 5. The number of aryl methyl sites for hydroxylation is 1. The third-order valence-corrected chi connectivity index (χ3v) is 5.48. The number of hydrogen-bond donors (Lipinski definition) is 1. The van der Waals surface area contributed by atoms with E-state index in [1.807, 2.05) is 4.57 Å². The van der Waals surface area contributed by atoms with E-state index in [-0.39, 0.29) is 11.4 Å². The van der Waals surface area contributed by atoms with E-state index in [4.69, 9.17) is 4.74 Å². The Morgan fingerprint density at radius 2 is 2.18 bits per heavy atom. The van der Waals surface area contributed by atoms with Gasteiger partial charge in [-0.05, 0) is 30.2 Å². The van der Waals surface area contributed by atoms with E-state index in [9.17, 15) is 8.42 Å². The molecule has 1 aromatic carbocycles. The van der Waals surface area contributed by atoms with E-state index in [0.29, 0.717) is 12.4 Å². The molecule has 3 heterocycles. The summed E-state index contributed by atoms with van der Waals surface area (Å²) < 4.78 is 34.8. The molecule has 8 heteroatoms. The standard InChI is InChI=1S/C14H16N4O3S/c19-22(20,11-3-4-12-10(8-11)5-7-21-12)15-9-14-17-16-13-2-1-6-18(13)14/h3-4,8,15H,1-2,5-7,9H2. The van der Waals surface area contributed by atoms with Crippen LogP contribution in [0.3, 0.4) is 0 Å². The van der Waals surface area contributed by atoms with Gasteiger partial charge >= 0.3 is 0 Å².